The zero-order chi connectivity index (χ0) is 15.6. The second-order valence-electron chi connectivity index (χ2n) is 6.09. The fourth-order valence-corrected chi connectivity index (χ4v) is 2.80. The summed E-state index contributed by atoms with van der Waals surface area (Å²) in [7, 11) is 0. The first-order valence-corrected chi connectivity index (χ1v) is 8.43. The van der Waals surface area contributed by atoms with Crippen LogP contribution in [0.3, 0.4) is 0 Å². The molecular formula is C18H28N2O2. The van der Waals surface area contributed by atoms with Crippen molar-refractivity contribution in [1.82, 2.24) is 10.6 Å². The van der Waals surface area contributed by atoms with Crippen molar-refractivity contribution >= 4 is 5.91 Å². The van der Waals surface area contributed by atoms with Crippen LogP contribution in [0.25, 0.3) is 0 Å². The zero-order valence-electron chi connectivity index (χ0n) is 13.6. The molecule has 0 saturated heterocycles. The first-order valence-electron chi connectivity index (χ1n) is 8.43. The van der Waals surface area contributed by atoms with Crippen molar-refractivity contribution < 1.29 is 9.53 Å². The van der Waals surface area contributed by atoms with Crippen molar-refractivity contribution in [3.63, 3.8) is 0 Å². The third-order valence-electron chi connectivity index (χ3n) is 4.13. The molecule has 22 heavy (non-hydrogen) atoms. The van der Waals surface area contributed by atoms with Crippen molar-refractivity contribution in [2.45, 2.75) is 51.5 Å². The maximum Gasteiger partial charge on any atom is 0.257 e. The molecule has 1 aromatic rings. The van der Waals surface area contributed by atoms with Crippen LogP contribution < -0.4 is 15.4 Å². The Kier molecular flexibility index (Phi) is 7.23. The van der Waals surface area contributed by atoms with Gasteiger partial charge in [0.1, 0.15) is 5.75 Å². The molecule has 122 valence electrons. The Balaban J connectivity index is 1.54. The Morgan fingerprint density at radius 2 is 1.77 bits per heavy atom. The van der Waals surface area contributed by atoms with Gasteiger partial charge < -0.3 is 15.4 Å². The highest BCUT2D eigenvalue weighted by Crippen LogP contribution is 2.16. The lowest BCUT2D eigenvalue weighted by atomic mass is 10.1. The van der Waals surface area contributed by atoms with Crippen molar-refractivity contribution in [2.24, 2.45) is 0 Å². The van der Waals surface area contributed by atoms with Crippen LogP contribution in [0.1, 0.15) is 44.1 Å². The topological polar surface area (TPSA) is 50.4 Å². The van der Waals surface area contributed by atoms with Crippen LogP contribution >= 0.6 is 0 Å². The highest BCUT2D eigenvalue weighted by Gasteiger charge is 2.11. The van der Waals surface area contributed by atoms with Crippen LogP contribution in [0.2, 0.25) is 0 Å². The Labute approximate surface area is 133 Å². The predicted molar refractivity (Wildman–Crippen MR) is 89.2 cm³/mol. The smallest absolute Gasteiger partial charge is 0.257 e. The predicted octanol–water partition coefficient (Wildman–Crippen LogP) is 2.80. The summed E-state index contributed by atoms with van der Waals surface area (Å²) in [6.45, 7) is 3.60. The van der Waals surface area contributed by atoms with Crippen LogP contribution in [0.4, 0.5) is 0 Å². The Morgan fingerprint density at radius 1 is 1.09 bits per heavy atom. The maximum absolute atomic E-state index is 11.7. The maximum atomic E-state index is 11.7. The van der Waals surface area contributed by atoms with E-state index in [1.165, 1.54) is 44.1 Å². The SMILES string of the molecule is Cc1ccc(OCC(=O)NCCNC2CCCCCC2)cc1. The number of ether oxygens (including phenoxy) is 1. The third kappa shape index (κ3) is 6.48. The van der Waals surface area contributed by atoms with Crippen LogP contribution in [-0.2, 0) is 4.79 Å². The van der Waals surface area contributed by atoms with E-state index in [0.29, 0.717) is 12.6 Å². The second-order valence-corrected chi connectivity index (χ2v) is 6.09. The van der Waals surface area contributed by atoms with E-state index in [4.69, 9.17) is 4.74 Å². The molecule has 0 atom stereocenters. The van der Waals surface area contributed by atoms with E-state index in [1.807, 2.05) is 31.2 Å². The molecule has 0 unspecified atom stereocenters. The highest BCUT2D eigenvalue weighted by atomic mass is 16.5. The number of benzene rings is 1. The molecule has 2 N–H and O–H groups in total. The van der Waals surface area contributed by atoms with Crippen molar-refractivity contribution in [1.29, 1.82) is 0 Å². The summed E-state index contributed by atoms with van der Waals surface area (Å²) < 4.78 is 5.45. The molecule has 0 aromatic heterocycles. The third-order valence-corrected chi connectivity index (χ3v) is 4.13. The van der Waals surface area contributed by atoms with Gasteiger partial charge in [0.2, 0.25) is 0 Å². The summed E-state index contributed by atoms with van der Waals surface area (Å²) >= 11 is 0. The van der Waals surface area contributed by atoms with Gasteiger partial charge in [-0.25, -0.2) is 0 Å². The summed E-state index contributed by atoms with van der Waals surface area (Å²) in [5, 5.41) is 6.43. The monoisotopic (exact) mass is 304 g/mol. The molecule has 0 spiro atoms. The lowest BCUT2D eigenvalue weighted by molar-refractivity contribution is -0.123. The van der Waals surface area contributed by atoms with Crippen LogP contribution in [-0.4, -0.2) is 31.6 Å². The Bertz CT molecular complexity index is 437. The molecule has 1 aliphatic carbocycles. The van der Waals surface area contributed by atoms with Crippen LogP contribution in [0.5, 0.6) is 5.75 Å². The van der Waals surface area contributed by atoms with Gasteiger partial charge in [0, 0.05) is 19.1 Å². The zero-order valence-corrected chi connectivity index (χ0v) is 13.6. The molecule has 0 aliphatic heterocycles. The lowest BCUT2D eigenvalue weighted by Crippen LogP contribution is -2.38. The molecule has 4 heteroatoms. The normalized spacial score (nSPS) is 16.0. The quantitative estimate of drug-likeness (QED) is 0.601. The number of rotatable bonds is 7. The minimum absolute atomic E-state index is 0.0664. The van der Waals surface area contributed by atoms with Gasteiger partial charge >= 0.3 is 0 Å². The molecule has 0 heterocycles. The van der Waals surface area contributed by atoms with Gasteiger partial charge in [0.25, 0.3) is 5.91 Å². The number of nitrogens with one attached hydrogen (secondary N) is 2. The number of amides is 1. The summed E-state index contributed by atoms with van der Waals surface area (Å²) in [5.74, 6) is 0.667. The van der Waals surface area contributed by atoms with E-state index >= 15 is 0 Å². The standard InChI is InChI=1S/C18H28N2O2/c1-15-8-10-17(11-9-15)22-14-18(21)20-13-12-19-16-6-4-2-3-5-7-16/h8-11,16,19H,2-7,12-14H2,1H3,(H,20,21). The molecule has 1 saturated carbocycles. The molecule has 1 fully saturated rings. The number of hydrogen-bond acceptors (Lipinski definition) is 3. The van der Waals surface area contributed by atoms with E-state index < -0.39 is 0 Å². The molecule has 1 aliphatic rings. The van der Waals surface area contributed by atoms with Gasteiger partial charge in [-0.1, -0.05) is 43.4 Å². The van der Waals surface area contributed by atoms with Crippen molar-refractivity contribution in [3.05, 3.63) is 29.8 Å². The molecule has 0 bridgehead atoms. The summed E-state index contributed by atoms with van der Waals surface area (Å²) in [6.07, 6.45) is 7.92. The molecule has 0 radical (unpaired) electrons. The minimum Gasteiger partial charge on any atom is -0.484 e. The number of hydrogen-bond donors (Lipinski definition) is 2. The van der Waals surface area contributed by atoms with E-state index in [0.717, 1.165) is 12.3 Å². The van der Waals surface area contributed by atoms with E-state index in [9.17, 15) is 4.79 Å². The van der Waals surface area contributed by atoms with E-state index in [2.05, 4.69) is 10.6 Å². The van der Waals surface area contributed by atoms with Gasteiger partial charge in [0.05, 0.1) is 0 Å². The minimum atomic E-state index is -0.0664. The first-order chi connectivity index (χ1) is 10.7. The lowest BCUT2D eigenvalue weighted by Gasteiger charge is -2.16. The van der Waals surface area contributed by atoms with E-state index in [-0.39, 0.29) is 12.5 Å². The fraction of sp³-hybridized carbons (Fsp3) is 0.611. The summed E-state index contributed by atoms with van der Waals surface area (Å²) in [5.41, 5.74) is 1.18. The van der Waals surface area contributed by atoms with Gasteiger partial charge in [-0.15, -0.1) is 0 Å². The number of carbonyl (C=O) groups excluding carboxylic acids is 1. The Morgan fingerprint density at radius 3 is 2.45 bits per heavy atom. The first kappa shape index (κ1) is 16.8. The van der Waals surface area contributed by atoms with Gasteiger partial charge in [0.15, 0.2) is 6.61 Å². The molecule has 1 amide bonds. The van der Waals surface area contributed by atoms with Crippen molar-refractivity contribution in [3.8, 4) is 5.75 Å². The van der Waals surface area contributed by atoms with E-state index in [1.54, 1.807) is 0 Å². The average Bonchev–Trinajstić information content (AvgIpc) is 2.80. The van der Waals surface area contributed by atoms with Crippen LogP contribution in [0, 0.1) is 6.92 Å². The molecule has 2 rings (SSSR count). The fourth-order valence-electron chi connectivity index (χ4n) is 2.80. The highest BCUT2D eigenvalue weighted by molar-refractivity contribution is 5.77. The summed E-state index contributed by atoms with van der Waals surface area (Å²) in [4.78, 5) is 11.7. The van der Waals surface area contributed by atoms with Crippen LogP contribution in [0.15, 0.2) is 24.3 Å². The largest absolute Gasteiger partial charge is 0.484 e. The number of aryl methyl sites for hydroxylation is 1. The molecular weight excluding hydrogens is 276 g/mol. The number of carbonyl (C=O) groups is 1. The summed E-state index contributed by atoms with van der Waals surface area (Å²) in [6, 6.07) is 8.35. The van der Waals surface area contributed by atoms with Gasteiger partial charge in [-0.2, -0.15) is 0 Å². The van der Waals surface area contributed by atoms with Gasteiger partial charge in [-0.05, 0) is 31.9 Å². The Hall–Kier alpha value is -1.55. The molecule has 4 nitrogen and oxygen atoms in total. The molecule has 1 aromatic carbocycles. The van der Waals surface area contributed by atoms with Crippen molar-refractivity contribution in [2.75, 3.05) is 19.7 Å². The second kappa shape index (κ2) is 9.46. The van der Waals surface area contributed by atoms with Gasteiger partial charge in [-0.3, -0.25) is 4.79 Å². The average molecular weight is 304 g/mol.